The molecule has 2 aromatic carbocycles. The molecule has 0 aliphatic carbocycles. The molecule has 1 aliphatic heterocycles. The first-order valence-corrected chi connectivity index (χ1v) is 7.00. The number of benzene rings is 2. The minimum atomic E-state index is -0.462. The summed E-state index contributed by atoms with van der Waals surface area (Å²) in [6.07, 6.45) is -0.0503. The van der Waals surface area contributed by atoms with Gasteiger partial charge in [0.15, 0.2) is 0 Å². The van der Waals surface area contributed by atoms with E-state index in [1.54, 1.807) is 12.1 Å². The lowest BCUT2D eigenvalue weighted by Gasteiger charge is -2.30. The number of hydrogen-bond donors (Lipinski definition) is 1. The van der Waals surface area contributed by atoms with Gasteiger partial charge in [-0.05, 0) is 30.3 Å². The van der Waals surface area contributed by atoms with Gasteiger partial charge in [-0.1, -0.05) is 22.0 Å². The van der Waals surface area contributed by atoms with Crippen LogP contribution in [0.4, 0.5) is 8.78 Å². The molecule has 2 atom stereocenters. The van der Waals surface area contributed by atoms with Crippen LogP contribution < -0.4 is 10.5 Å². The van der Waals surface area contributed by atoms with Gasteiger partial charge in [0.25, 0.3) is 0 Å². The summed E-state index contributed by atoms with van der Waals surface area (Å²) in [5.41, 5.74) is 7.13. The number of rotatable bonds is 1. The van der Waals surface area contributed by atoms with E-state index in [-0.39, 0.29) is 17.7 Å². The molecule has 20 heavy (non-hydrogen) atoms. The lowest BCUT2D eigenvalue weighted by molar-refractivity contribution is 0.157. The van der Waals surface area contributed by atoms with Gasteiger partial charge in [-0.3, -0.25) is 0 Å². The van der Waals surface area contributed by atoms with Gasteiger partial charge in [-0.25, -0.2) is 8.78 Å². The number of ether oxygens (including phenoxy) is 1. The van der Waals surface area contributed by atoms with Gasteiger partial charge in [0.05, 0.1) is 0 Å². The van der Waals surface area contributed by atoms with E-state index in [2.05, 4.69) is 15.9 Å². The van der Waals surface area contributed by atoms with Gasteiger partial charge in [-0.2, -0.15) is 0 Å². The number of nitrogens with two attached hydrogens (primary N) is 1. The van der Waals surface area contributed by atoms with Crippen LogP contribution in [0.3, 0.4) is 0 Å². The van der Waals surface area contributed by atoms with Crippen LogP contribution in [0.1, 0.15) is 29.7 Å². The summed E-state index contributed by atoms with van der Waals surface area (Å²) in [7, 11) is 0. The van der Waals surface area contributed by atoms with E-state index in [4.69, 9.17) is 10.5 Å². The highest BCUT2D eigenvalue weighted by Gasteiger charge is 2.29. The molecule has 0 aromatic heterocycles. The van der Waals surface area contributed by atoms with Crippen molar-refractivity contribution in [3.05, 3.63) is 63.6 Å². The molecule has 0 fully saturated rings. The van der Waals surface area contributed by atoms with E-state index in [9.17, 15) is 8.78 Å². The average Bonchev–Trinajstić information content (AvgIpc) is 2.39. The van der Waals surface area contributed by atoms with Crippen molar-refractivity contribution in [2.75, 3.05) is 0 Å². The second kappa shape index (κ2) is 5.14. The third kappa shape index (κ3) is 2.43. The molecular weight excluding hydrogens is 328 g/mol. The lowest BCUT2D eigenvalue weighted by atomic mass is 9.93. The minimum absolute atomic E-state index is 0.345. The topological polar surface area (TPSA) is 35.2 Å². The Morgan fingerprint density at radius 1 is 1.10 bits per heavy atom. The Morgan fingerprint density at radius 3 is 2.65 bits per heavy atom. The van der Waals surface area contributed by atoms with Crippen molar-refractivity contribution in [3.63, 3.8) is 0 Å². The van der Waals surface area contributed by atoms with Crippen LogP contribution in [-0.2, 0) is 0 Å². The molecule has 0 spiro atoms. The molecule has 5 heteroatoms. The Morgan fingerprint density at radius 2 is 1.90 bits per heavy atom. The fourth-order valence-corrected chi connectivity index (χ4v) is 2.76. The summed E-state index contributed by atoms with van der Waals surface area (Å²) in [4.78, 5) is 0. The Hall–Kier alpha value is -1.46. The second-order valence-corrected chi connectivity index (χ2v) is 5.71. The maximum Gasteiger partial charge on any atom is 0.131 e. The Balaban J connectivity index is 1.97. The van der Waals surface area contributed by atoms with Crippen LogP contribution in [0.25, 0.3) is 0 Å². The van der Waals surface area contributed by atoms with E-state index >= 15 is 0 Å². The molecule has 2 aromatic rings. The fourth-order valence-electron chi connectivity index (χ4n) is 2.43. The van der Waals surface area contributed by atoms with Crippen LogP contribution >= 0.6 is 15.9 Å². The molecule has 1 aliphatic rings. The highest BCUT2D eigenvalue weighted by Crippen LogP contribution is 2.40. The third-order valence-electron chi connectivity index (χ3n) is 3.42. The third-order valence-corrected chi connectivity index (χ3v) is 3.91. The normalized spacial score (nSPS) is 21.2. The largest absolute Gasteiger partial charge is 0.485 e. The molecule has 1 unspecified atom stereocenters. The Bertz CT molecular complexity index is 662. The van der Waals surface area contributed by atoms with Gasteiger partial charge in [0.2, 0.25) is 0 Å². The van der Waals surface area contributed by atoms with Crippen molar-refractivity contribution in [3.8, 4) is 5.75 Å². The zero-order valence-corrected chi connectivity index (χ0v) is 12.0. The summed E-state index contributed by atoms with van der Waals surface area (Å²) in [5, 5.41) is 0. The van der Waals surface area contributed by atoms with Crippen molar-refractivity contribution in [2.24, 2.45) is 5.73 Å². The highest BCUT2D eigenvalue weighted by molar-refractivity contribution is 9.10. The van der Waals surface area contributed by atoms with E-state index in [1.807, 2.05) is 0 Å². The molecule has 0 saturated carbocycles. The second-order valence-electron chi connectivity index (χ2n) is 4.80. The van der Waals surface area contributed by atoms with Crippen LogP contribution in [-0.4, -0.2) is 0 Å². The van der Waals surface area contributed by atoms with Gasteiger partial charge in [0.1, 0.15) is 23.5 Å². The maximum absolute atomic E-state index is 14.0. The van der Waals surface area contributed by atoms with E-state index < -0.39 is 6.10 Å². The lowest BCUT2D eigenvalue weighted by Crippen LogP contribution is -2.24. The molecule has 0 radical (unpaired) electrons. The minimum Gasteiger partial charge on any atom is -0.485 e. The summed E-state index contributed by atoms with van der Waals surface area (Å²) in [5.74, 6) is -0.185. The van der Waals surface area contributed by atoms with Crippen molar-refractivity contribution in [2.45, 2.75) is 18.6 Å². The van der Waals surface area contributed by atoms with Crippen molar-refractivity contribution in [1.29, 1.82) is 0 Å². The maximum atomic E-state index is 14.0. The molecular formula is C15H12BrF2NO. The summed E-state index contributed by atoms with van der Waals surface area (Å²) in [6.45, 7) is 0. The predicted octanol–water partition coefficient (Wildman–Crippen LogP) is 4.25. The van der Waals surface area contributed by atoms with Gasteiger partial charge >= 0.3 is 0 Å². The summed E-state index contributed by atoms with van der Waals surface area (Å²) in [6, 6.07) is 8.67. The molecule has 1 heterocycles. The quantitative estimate of drug-likeness (QED) is 0.842. The molecule has 0 bridgehead atoms. The summed E-state index contributed by atoms with van der Waals surface area (Å²) >= 11 is 3.22. The van der Waals surface area contributed by atoms with Crippen LogP contribution in [0.2, 0.25) is 0 Å². The fraction of sp³-hybridized carbons (Fsp3) is 0.200. The number of fused-ring (bicyclic) bond motifs is 1. The number of hydrogen-bond acceptors (Lipinski definition) is 2. The smallest absolute Gasteiger partial charge is 0.131 e. The molecule has 0 amide bonds. The van der Waals surface area contributed by atoms with Gasteiger partial charge in [0, 0.05) is 28.1 Å². The number of halogens is 3. The molecule has 104 valence electrons. The van der Waals surface area contributed by atoms with E-state index in [0.717, 1.165) is 0 Å². The van der Waals surface area contributed by atoms with E-state index in [0.29, 0.717) is 27.8 Å². The standard InChI is InChI=1S/C15H12BrF2NO/c16-8-1-3-10(12(18)5-8)15-7-13(19)11-6-9(17)2-4-14(11)20-15/h1-6,13,15H,7,19H2/t13-,15?/m1/s1. The van der Waals surface area contributed by atoms with Crippen molar-refractivity contribution >= 4 is 15.9 Å². The highest BCUT2D eigenvalue weighted by atomic mass is 79.9. The van der Waals surface area contributed by atoms with Gasteiger partial charge < -0.3 is 10.5 Å². The SMILES string of the molecule is N[C@@H]1CC(c2ccc(Br)cc2F)Oc2ccc(F)cc21. The predicted molar refractivity (Wildman–Crippen MR) is 75.4 cm³/mol. The molecule has 0 saturated heterocycles. The Kier molecular flexibility index (Phi) is 3.48. The van der Waals surface area contributed by atoms with Crippen molar-refractivity contribution in [1.82, 2.24) is 0 Å². The van der Waals surface area contributed by atoms with Crippen LogP contribution in [0, 0.1) is 11.6 Å². The first-order valence-electron chi connectivity index (χ1n) is 6.21. The zero-order valence-electron chi connectivity index (χ0n) is 10.4. The van der Waals surface area contributed by atoms with Crippen molar-refractivity contribution < 1.29 is 13.5 Å². The average molecular weight is 340 g/mol. The van der Waals surface area contributed by atoms with Crippen LogP contribution in [0.15, 0.2) is 40.9 Å². The molecule has 2 nitrogen and oxygen atoms in total. The first kappa shape index (κ1) is 13.5. The Labute approximate surface area is 123 Å². The van der Waals surface area contributed by atoms with E-state index in [1.165, 1.54) is 24.3 Å². The first-order chi connectivity index (χ1) is 9.54. The molecule has 3 rings (SSSR count). The monoisotopic (exact) mass is 339 g/mol. The van der Waals surface area contributed by atoms with Gasteiger partial charge in [-0.15, -0.1) is 0 Å². The zero-order chi connectivity index (χ0) is 14.3. The summed E-state index contributed by atoms with van der Waals surface area (Å²) < 4.78 is 33.6. The molecule has 2 N–H and O–H groups in total. The van der Waals surface area contributed by atoms with Crippen LogP contribution in [0.5, 0.6) is 5.75 Å².